The third kappa shape index (κ3) is 6.02. The summed E-state index contributed by atoms with van der Waals surface area (Å²) >= 11 is 0. The van der Waals surface area contributed by atoms with Crippen LogP contribution in [0.1, 0.15) is 43.7 Å². The number of alkyl halides is 2. The number of hydrogen-bond donors (Lipinski definition) is 1. The average molecular weight is 499 g/mol. The highest BCUT2D eigenvalue weighted by molar-refractivity contribution is 5.94. The first-order valence-corrected chi connectivity index (χ1v) is 13.1. The van der Waals surface area contributed by atoms with E-state index in [1.807, 2.05) is 6.20 Å². The van der Waals surface area contributed by atoms with Gasteiger partial charge in [0, 0.05) is 68.7 Å². The number of fused-ring (bicyclic) bond motifs is 1. The van der Waals surface area contributed by atoms with Crippen LogP contribution >= 0.6 is 0 Å². The van der Waals surface area contributed by atoms with Gasteiger partial charge in [-0.2, -0.15) is 13.8 Å². The van der Waals surface area contributed by atoms with Crippen LogP contribution in [-0.4, -0.2) is 77.3 Å². The molecule has 1 saturated heterocycles. The maximum Gasteiger partial charge on any atom is 0.345 e. The summed E-state index contributed by atoms with van der Waals surface area (Å²) in [6.07, 6.45) is 10.1. The fraction of sp³-hybridized carbons (Fsp3) is 0.556. The summed E-state index contributed by atoms with van der Waals surface area (Å²) < 4.78 is 31.2. The number of nitrogens with zero attached hydrogens (tertiary/aromatic N) is 5. The van der Waals surface area contributed by atoms with Gasteiger partial charge in [-0.05, 0) is 31.0 Å². The van der Waals surface area contributed by atoms with Gasteiger partial charge in [0.1, 0.15) is 5.65 Å². The van der Waals surface area contributed by atoms with E-state index in [0.29, 0.717) is 12.0 Å². The zero-order valence-corrected chi connectivity index (χ0v) is 21.0. The van der Waals surface area contributed by atoms with E-state index in [2.05, 4.69) is 66.9 Å². The van der Waals surface area contributed by atoms with Crippen molar-refractivity contribution in [1.29, 1.82) is 0 Å². The number of nitrogens with one attached hydrogen (secondary N) is 1. The Balaban J connectivity index is 1.38. The molecule has 2 aliphatic rings. The van der Waals surface area contributed by atoms with E-state index >= 15 is 0 Å². The van der Waals surface area contributed by atoms with Gasteiger partial charge in [-0.1, -0.05) is 43.5 Å². The molecular weight excluding hydrogens is 462 g/mol. The number of likely N-dealkylation sites (N-methyl/N-ethyl adjacent to an activating group) is 1. The summed E-state index contributed by atoms with van der Waals surface area (Å²) in [5, 5.41) is 4.03. The molecule has 0 spiro atoms. The van der Waals surface area contributed by atoms with Crippen molar-refractivity contribution in [1.82, 2.24) is 24.3 Å². The highest BCUT2D eigenvalue weighted by Crippen LogP contribution is 2.36. The Kier molecular flexibility index (Phi) is 8.09. The van der Waals surface area contributed by atoms with Crippen LogP contribution in [0.15, 0.2) is 36.7 Å². The van der Waals surface area contributed by atoms with E-state index in [4.69, 9.17) is 4.98 Å². The van der Waals surface area contributed by atoms with Crippen molar-refractivity contribution < 1.29 is 13.5 Å². The van der Waals surface area contributed by atoms with Crippen LogP contribution in [0.3, 0.4) is 0 Å². The van der Waals surface area contributed by atoms with Crippen LogP contribution in [0.5, 0.6) is 0 Å². The minimum absolute atomic E-state index is 0.103. The van der Waals surface area contributed by atoms with Gasteiger partial charge >= 0.3 is 6.61 Å². The summed E-state index contributed by atoms with van der Waals surface area (Å²) in [4.78, 5) is 14.2. The number of halogens is 2. The predicted octanol–water partition coefficient (Wildman–Crippen LogP) is 5.00. The monoisotopic (exact) mass is 498 g/mol. The van der Waals surface area contributed by atoms with Crippen LogP contribution in [0.2, 0.25) is 0 Å². The molecule has 9 heteroatoms. The molecule has 0 unspecified atom stereocenters. The molecule has 1 aliphatic heterocycles. The van der Waals surface area contributed by atoms with Gasteiger partial charge in [-0.15, -0.1) is 0 Å². The minimum atomic E-state index is -2.77. The molecule has 3 aromatic rings. The van der Waals surface area contributed by atoms with E-state index in [1.54, 1.807) is 0 Å². The predicted molar refractivity (Wildman–Crippen MR) is 138 cm³/mol. The Bertz CT molecular complexity index is 1120. The SMILES string of the molecule is CN1CCN(Cc2ccc(-c3cn(C4CCCCC4)c4nc(NCCOC(F)F)ncc34)cc2)CC1. The van der Waals surface area contributed by atoms with Crippen molar-refractivity contribution in [3.05, 3.63) is 42.2 Å². The summed E-state index contributed by atoms with van der Waals surface area (Å²) in [6.45, 7) is 2.78. The Morgan fingerprint density at radius 3 is 2.53 bits per heavy atom. The van der Waals surface area contributed by atoms with Gasteiger partial charge in [0.05, 0.1) is 6.61 Å². The molecule has 1 aromatic carbocycles. The van der Waals surface area contributed by atoms with Crippen LogP contribution in [-0.2, 0) is 11.3 Å². The molecule has 194 valence electrons. The lowest BCUT2D eigenvalue weighted by Gasteiger charge is -2.32. The Hall–Kier alpha value is -2.62. The van der Waals surface area contributed by atoms with Crippen LogP contribution < -0.4 is 5.32 Å². The molecule has 1 N–H and O–H groups in total. The van der Waals surface area contributed by atoms with Crippen LogP contribution in [0.4, 0.5) is 14.7 Å². The molecule has 7 nitrogen and oxygen atoms in total. The smallest absolute Gasteiger partial charge is 0.345 e. The van der Waals surface area contributed by atoms with Gasteiger partial charge in [0.25, 0.3) is 0 Å². The quantitative estimate of drug-likeness (QED) is 0.419. The molecule has 0 radical (unpaired) electrons. The van der Waals surface area contributed by atoms with E-state index in [9.17, 15) is 8.78 Å². The third-order valence-corrected chi connectivity index (χ3v) is 7.44. The number of ether oxygens (including phenoxy) is 1. The average Bonchev–Trinajstić information content (AvgIpc) is 3.28. The maximum atomic E-state index is 12.3. The Morgan fingerprint density at radius 2 is 1.81 bits per heavy atom. The van der Waals surface area contributed by atoms with Gasteiger partial charge in [0.15, 0.2) is 0 Å². The topological polar surface area (TPSA) is 58.5 Å². The van der Waals surface area contributed by atoms with Crippen molar-refractivity contribution in [2.24, 2.45) is 0 Å². The number of piperazine rings is 1. The molecular formula is C27H36F2N6O. The Morgan fingerprint density at radius 1 is 1.06 bits per heavy atom. The van der Waals surface area contributed by atoms with Crippen molar-refractivity contribution in [2.45, 2.75) is 51.3 Å². The van der Waals surface area contributed by atoms with E-state index in [-0.39, 0.29) is 13.2 Å². The molecule has 1 saturated carbocycles. The van der Waals surface area contributed by atoms with Crippen molar-refractivity contribution >= 4 is 17.0 Å². The highest BCUT2D eigenvalue weighted by atomic mass is 19.3. The molecule has 0 amide bonds. The lowest BCUT2D eigenvalue weighted by molar-refractivity contribution is -0.125. The Labute approximate surface area is 211 Å². The van der Waals surface area contributed by atoms with Gasteiger partial charge in [0.2, 0.25) is 5.95 Å². The largest absolute Gasteiger partial charge is 0.352 e. The van der Waals surface area contributed by atoms with E-state index in [1.165, 1.54) is 24.8 Å². The maximum absolute atomic E-state index is 12.3. The second kappa shape index (κ2) is 11.6. The first-order valence-electron chi connectivity index (χ1n) is 13.1. The summed E-state index contributed by atoms with van der Waals surface area (Å²) in [5.74, 6) is 0.435. The molecule has 2 aromatic heterocycles. The van der Waals surface area contributed by atoms with Crippen molar-refractivity contribution in [3.8, 4) is 11.1 Å². The number of benzene rings is 1. The molecule has 5 rings (SSSR count). The van der Waals surface area contributed by atoms with E-state index < -0.39 is 6.61 Å². The van der Waals surface area contributed by atoms with Gasteiger partial charge in [-0.25, -0.2) is 4.98 Å². The normalized spacial score (nSPS) is 18.3. The number of rotatable bonds is 9. The first kappa shape index (κ1) is 25.0. The second-order valence-corrected chi connectivity index (χ2v) is 10.0. The number of hydrogen-bond acceptors (Lipinski definition) is 6. The minimum Gasteiger partial charge on any atom is -0.352 e. The van der Waals surface area contributed by atoms with Crippen molar-refractivity contribution in [2.75, 3.05) is 51.7 Å². The molecule has 1 aliphatic carbocycles. The standard InChI is InChI=1S/C27H36F2N6O/c1-33-12-14-34(15-13-33)18-20-7-9-21(10-8-20)24-19-35(22-5-3-2-4-6-22)25-23(24)17-31-27(32-25)30-11-16-36-26(28)29/h7-10,17,19,22,26H,2-6,11-16,18H2,1H3,(H,30,31,32). The second-order valence-electron chi connectivity index (χ2n) is 10.0. The number of anilines is 1. The lowest BCUT2D eigenvalue weighted by Crippen LogP contribution is -2.43. The molecule has 36 heavy (non-hydrogen) atoms. The molecule has 2 fully saturated rings. The number of aromatic nitrogens is 3. The summed E-state index contributed by atoms with van der Waals surface area (Å²) in [6, 6.07) is 9.30. The van der Waals surface area contributed by atoms with Gasteiger partial charge in [-0.3, -0.25) is 4.90 Å². The van der Waals surface area contributed by atoms with Crippen LogP contribution in [0, 0.1) is 0 Å². The zero-order valence-electron chi connectivity index (χ0n) is 21.0. The zero-order chi connectivity index (χ0) is 24.9. The van der Waals surface area contributed by atoms with Gasteiger partial charge < -0.3 is 19.5 Å². The highest BCUT2D eigenvalue weighted by Gasteiger charge is 2.21. The lowest BCUT2D eigenvalue weighted by atomic mass is 9.95. The van der Waals surface area contributed by atoms with Crippen molar-refractivity contribution in [3.63, 3.8) is 0 Å². The summed E-state index contributed by atoms with van der Waals surface area (Å²) in [5.41, 5.74) is 4.51. The fourth-order valence-corrected chi connectivity index (χ4v) is 5.35. The van der Waals surface area contributed by atoms with E-state index in [0.717, 1.165) is 67.7 Å². The first-order chi connectivity index (χ1) is 17.6. The molecule has 0 atom stereocenters. The molecule has 3 heterocycles. The van der Waals surface area contributed by atoms with Crippen LogP contribution in [0.25, 0.3) is 22.2 Å². The fourth-order valence-electron chi connectivity index (χ4n) is 5.35. The molecule has 0 bridgehead atoms. The third-order valence-electron chi connectivity index (χ3n) is 7.44. The summed E-state index contributed by atoms with van der Waals surface area (Å²) in [7, 11) is 2.18.